The van der Waals surface area contributed by atoms with Crippen LogP contribution in [-0.2, 0) is 16.0 Å². The predicted octanol–water partition coefficient (Wildman–Crippen LogP) is 6.02. The number of amides is 1. The number of Topliss-reactive ketones (excluding diaryl/α,β-unsaturated/α-hetero) is 1. The highest BCUT2D eigenvalue weighted by molar-refractivity contribution is 6.46. The Morgan fingerprint density at radius 2 is 1.86 bits per heavy atom. The topological polar surface area (TPSA) is 82.6 Å². The van der Waals surface area contributed by atoms with Crippen LogP contribution in [0, 0.1) is 5.82 Å². The van der Waals surface area contributed by atoms with E-state index in [1.165, 1.54) is 17.0 Å². The van der Waals surface area contributed by atoms with Crippen LogP contribution >= 0.6 is 11.6 Å². The molecule has 3 aromatic carbocycles. The molecule has 2 heterocycles. The number of ether oxygens (including phenoxy) is 1. The van der Waals surface area contributed by atoms with E-state index in [0.717, 1.165) is 16.5 Å². The summed E-state index contributed by atoms with van der Waals surface area (Å²) in [4.78, 5) is 31.3. The Kier molecular flexibility index (Phi) is 6.72. The van der Waals surface area contributed by atoms with Gasteiger partial charge in [-0.25, -0.2) is 4.39 Å². The summed E-state index contributed by atoms with van der Waals surface area (Å²) in [5.74, 6) is -1.78. The summed E-state index contributed by atoms with van der Waals surface area (Å²) in [6.45, 7) is 2.38. The van der Waals surface area contributed by atoms with Gasteiger partial charge in [-0.1, -0.05) is 41.9 Å². The Labute approximate surface area is 217 Å². The molecule has 1 aromatic heterocycles. The van der Waals surface area contributed by atoms with Crippen molar-refractivity contribution in [1.82, 2.24) is 9.88 Å². The number of carbonyl (C=O) groups is 2. The van der Waals surface area contributed by atoms with Gasteiger partial charge < -0.3 is 19.7 Å². The lowest BCUT2D eigenvalue weighted by atomic mass is 9.94. The summed E-state index contributed by atoms with van der Waals surface area (Å²) in [5.41, 5.74) is 2.65. The molecule has 6 nitrogen and oxygen atoms in total. The molecule has 5 rings (SSSR count). The maximum Gasteiger partial charge on any atom is 0.295 e. The molecule has 1 amide bonds. The number of nitrogens with one attached hydrogen (secondary N) is 1. The van der Waals surface area contributed by atoms with Crippen molar-refractivity contribution in [1.29, 1.82) is 0 Å². The third-order valence-corrected chi connectivity index (χ3v) is 6.83. The predicted molar refractivity (Wildman–Crippen MR) is 140 cm³/mol. The number of nitrogens with zero attached hydrogens (tertiary/aromatic N) is 1. The van der Waals surface area contributed by atoms with Crippen LogP contribution < -0.4 is 4.74 Å². The molecule has 1 atom stereocenters. The lowest BCUT2D eigenvalue weighted by molar-refractivity contribution is -0.139. The van der Waals surface area contributed by atoms with E-state index in [0.29, 0.717) is 34.9 Å². The zero-order valence-electron chi connectivity index (χ0n) is 20.0. The van der Waals surface area contributed by atoms with Gasteiger partial charge >= 0.3 is 0 Å². The SMILES string of the molecule is CCOc1cc(/C(O)=C2\C(=O)C(=O)N(CCc3ccc(F)cc3)C2c2c[nH]c3ccccc23)ccc1Cl. The van der Waals surface area contributed by atoms with E-state index in [1.807, 2.05) is 31.2 Å². The zero-order chi connectivity index (χ0) is 26.1. The number of aliphatic hydroxyl groups is 1. The van der Waals surface area contributed by atoms with Crippen molar-refractivity contribution in [2.75, 3.05) is 13.2 Å². The molecule has 8 heteroatoms. The van der Waals surface area contributed by atoms with Gasteiger partial charge in [0, 0.05) is 34.8 Å². The molecule has 0 aliphatic carbocycles. The Morgan fingerprint density at radius 3 is 2.62 bits per heavy atom. The smallest absolute Gasteiger partial charge is 0.295 e. The Hall–Kier alpha value is -4.10. The van der Waals surface area contributed by atoms with Crippen LogP contribution in [0.5, 0.6) is 5.75 Å². The minimum Gasteiger partial charge on any atom is -0.507 e. The highest BCUT2D eigenvalue weighted by Crippen LogP contribution is 2.42. The van der Waals surface area contributed by atoms with Crippen molar-refractivity contribution in [3.05, 3.63) is 106 Å². The number of benzene rings is 3. The second-order valence-corrected chi connectivity index (χ2v) is 9.14. The third-order valence-electron chi connectivity index (χ3n) is 6.51. The van der Waals surface area contributed by atoms with E-state index in [-0.39, 0.29) is 23.7 Å². The molecular formula is C29H24ClFN2O4. The Morgan fingerprint density at radius 1 is 1.11 bits per heavy atom. The van der Waals surface area contributed by atoms with Crippen LogP contribution in [0.1, 0.15) is 29.7 Å². The summed E-state index contributed by atoms with van der Waals surface area (Å²) < 4.78 is 18.9. The van der Waals surface area contributed by atoms with Crippen LogP contribution in [0.3, 0.4) is 0 Å². The van der Waals surface area contributed by atoms with E-state index in [9.17, 15) is 19.1 Å². The molecule has 1 aliphatic rings. The standard InChI is InChI=1S/C29H24ClFN2O4/c1-2-37-24-15-18(9-12-22(24)30)27(34)25-26(21-16-32-23-6-4-3-5-20(21)23)33(29(36)28(25)35)14-13-17-7-10-19(31)11-8-17/h3-12,15-16,26,32,34H,2,13-14H2,1H3/b27-25+. The fourth-order valence-corrected chi connectivity index (χ4v) is 4.90. The number of hydrogen-bond acceptors (Lipinski definition) is 4. The third kappa shape index (κ3) is 4.58. The van der Waals surface area contributed by atoms with E-state index in [4.69, 9.17) is 16.3 Å². The number of likely N-dealkylation sites (tertiary alicyclic amines) is 1. The van der Waals surface area contributed by atoms with Gasteiger partial charge in [0.25, 0.3) is 11.7 Å². The van der Waals surface area contributed by atoms with Crippen LogP contribution in [0.25, 0.3) is 16.7 Å². The minimum absolute atomic E-state index is 0.0152. The van der Waals surface area contributed by atoms with Gasteiger partial charge in [0.1, 0.15) is 17.3 Å². The number of aromatic nitrogens is 1. The number of halogens is 2. The van der Waals surface area contributed by atoms with Crippen LogP contribution in [0.2, 0.25) is 5.02 Å². The van der Waals surface area contributed by atoms with Crippen molar-refractivity contribution < 1.29 is 23.8 Å². The Balaban J connectivity index is 1.62. The fraction of sp³-hybridized carbons (Fsp3) is 0.172. The Bertz CT molecular complexity index is 1530. The van der Waals surface area contributed by atoms with Gasteiger partial charge in [-0.15, -0.1) is 0 Å². The number of rotatable bonds is 7. The molecule has 0 spiro atoms. The van der Waals surface area contributed by atoms with Gasteiger partial charge in [0.15, 0.2) is 0 Å². The molecule has 188 valence electrons. The highest BCUT2D eigenvalue weighted by atomic mass is 35.5. The van der Waals surface area contributed by atoms with E-state index in [2.05, 4.69) is 4.98 Å². The molecule has 1 saturated heterocycles. The first-order chi connectivity index (χ1) is 17.9. The molecule has 4 aromatic rings. The number of H-pyrrole nitrogens is 1. The first-order valence-electron chi connectivity index (χ1n) is 11.9. The van der Waals surface area contributed by atoms with E-state index < -0.39 is 17.7 Å². The molecule has 0 saturated carbocycles. The second kappa shape index (κ2) is 10.1. The highest BCUT2D eigenvalue weighted by Gasteiger charge is 2.46. The van der Waals surface area contributed by atoms with Crippen molar-refractivity contribution in [2.24, 2.45) is 0 Å². The zero-order valence-corrected chi connectivity index (χ0v) is 20.8. The van der Waals surface area contributed by atoms with Crippen molar-refractivity contribution in [2.45, 2.75) is 19.4 Å². The lowest BCUT2D eigenvalue weighted by Gasteiger charge is -2.25. The van der Waals surface area contributed by atoms with E-state index >= 15 is 0 Å². The van der Waals surface area contributed by atoms with Crippen molar-refractivity contribution in [3.63, 3.8) is 0 Å². The monoisotopic (exact) mass is 518 g/mol. The van der Waals surface area contributed by atoms with Gasteiger partial charge in [-0.2, -0.15) is 0 Å². The lowest BCUT2D eigenvalue weighted by Crippen LogP contribution is -2.31. The molecular weight excluding hydrogens is 495 g/mol. The number of hydrogen-bond donors (Lipinski definition) is 2. The number of aromatic amines is 1. The average molecular weight is 519 g/mol. The number of carbonyl (C=O) groups excluding carboxylic acids is 2. The maximum atomic E-state index is 13.4. The van der Waals surface area contributed by atoms with E-state index in [1.54, 1.807) is 36.5 Å². The van der Waals surface area contributed by atoms with Gasteiger partial charge in [-0.3, -0.25) is 9.59 Å². The van der Waals surface area contributed by atoms with Crippen LogP contribution in [-0.4, -0.2) is 39.8 Å². The molecule has 37 heavy (non-hydrogen) atoms. The van der Waals surface area contributed by atoms with Crippen molar-refractivity contribution >= 4 is 40.0 Å². The molecule has 2 N–H and O–H groups in total. The van der Waals surface area contributed by atoms with Gasteiger partial charge in [0.2, 0.25) is 0 Å². The molecule has 1 unspecified atom stereocenters. The summed E-state index contributed by atoms with van der Waals surface area (Å²) >= 11 is 6.22. The first-order valence-corrected chi connectivity index (χ1v) is 12.3. The minimum atomic E-state index is -0.831. The summed E-state index contributed by atoms with van der Waals surface area (Å²) in [5, 5.41) is 12.6. The van der Waals surface area contributed by atoms with Crippen LogP contribution in [0.4, 0.5) is 4.39 Å². The molecule has 1 aliphatic heterocycles. The summed E-state index contributed by atoms with van der Waals surface area (Å²) in [6, 6.07) is 17.5. The van der Waals surface area contributed by atoms with Crippen molar-refractivity contribution in [3.8, 4) is 5.75 Å². The van der Waals surface area contributed by atoms with Gasteiger partial charge in [-0.05, 0) is 55.3 Å². The maximum absolute atomic E-state index is 13.4. The summed E-state index contributed by atoms with van der Waals surface area (Å²) in [6.07, 6.45) is 2.16. The molecule has 0 bridgehead atoms. The number of para-hydroxylation sites is 1. The number of fused-ring (bicyclic) bond motifs is 1. The first kappa shape index (κ1) is 24.6. The average Bonchev–Trinajstić information content (AvgIpc) is 3.43. The second-order valence-electron chi connectivity index (χ2n) is 8.74. The molecule has 0 radical (unpaired) electrons. The van der Waals surface area contributed by atoms with Gasteiger partial charge in [0.05, 0.1) is 23.2 Å². The number of ketones is 1. The quantitative estimate of drug-likeness (QED) is 0.178. The largest absolute Gasteiger partial charge is 0.507 e. The number of aliphatic hydroxyl groups excluding tert-OH is 1. The summed E-state index contributed by atoms with van der Waals surface area (Å²) in [7, 11) is 0. The van der Waals surface area contributed by atoms with Crippen LogP contribution in [0.15, 0.2) is 78.5 Å². The normalized spacial score (nSPS) is 17.1. The molecule has 1 fully saturated rings. The fourth-order valence-electron chi connectivity index (χ4n) is 4.73.